The summed E-state index contributed by atoms with van der Waals surface area (Å²) >= 11 is 0. The zero-order valence-corrected chi connectivity index (χ0v) is 18.1. The van der Waals surface area contributed by atoms with Gasteiger partial charge in [-0.05, 0) is 46.3 Å². The molecular formula is C21H16F3N9O2. The predicted molar refractivity (Wildman–Crippen MR) is 112 cm³/mol. The van der Waals surface area contributed by atoms with Crippen LogP contribution in [0, 0.1) is 0 Å². The highest BCUT2D eigenvalue weighted by molar-refractivity contribution is 5.59. The Labute approximate surface area is 195 Å². The van der Waals surface area contributed by atoms with Crippen LogP contribution in [0.1, 0.15) is 16.8 Å². The molecule has 35 heavy (non-hydrogen) atoms. The minimum Gasteiger partial charge on any atom is -0.487 e. The van der Waals surface area contributed by atoms with Crippen molar-refractivity contribution in [1.82, 2.24) is 45.1 Å². The van der Waals surface area contributed by atoms with E-state index in [0.29, 0.717) is 23.5 Å². The maximum absolute atomic E-state index is 12.8. The predicted octanol–water partition coefficient (Wildman–Crippen LogP) is 3.16. The van der Waals surface area contributed by atoms with Crippen molar-refractivity contribution in [2.45, 2.75) is 19.3 Å². The lowest BCUT2D eigenvalue weighted by molar-refractivity contribution is -0.137. The van der Waals surface area contributed by atoms with Gasteiger partial charge in [0.05, 0.1) is 29.6 Å². The van der Waals surface area contributed by atoms with E-state index >= 15 is 0 Å². The number of hydrogen-bond acceptors (Lipinski definition) is 9. The van der Waals surface area contributed by atoms with E-state index in [1.807, 2.05) is 6.07 Å². The highest BCUT2D eigenvalue weighted by atomic mass is 19.4. The van der Waals surface area contributed by atoms with E-state index in [9.17, 15) is 13.2 Å². The number of hydrogen-bond donors (Lipinski definition) is 0. The van der Waals surface area contributed by atoms with Crippen LogP contribution in [0.2, 0.25) is 0 Å². The number of benzene rings is 1. The van der Waals surface area contributed by atoms with Gasteiger partial charge < -0.3 is 9.26 Å². The van der Waals surface area contributed by atoms with Crippen molar-refractivity contribution in [3.63, 3.8) is 0 Å². The van der Waals surface area contributed by atoms with Crippen LogP contribution in [0.4, 0.5) is 13.2 Å². The molecule has 0 unspecified atom stereocenters. The average Bonchev–Trinajstić information content (AvgIpc) is 3.60. The lowest BCUT2D eigenvalue weighted by Gasteiger charge is -2.10. The van der Waals surface area contributed by atoms with Crippen LogP contribution in [-0.4, -0.2) is 45.1 Å². The fourth-order valence-corrected chi connectivity index (χ4v) is 3.23. The summed E-state index contributed by atoms with van der Waals surface area (Å²) in [6, 6.07) is 8.06. The second-order valence-corrected chi connectivity index (χ2v) is 7.42. The van der Waals surface area contributed by atoms with Crippen molar-refractivity contribution in [3.05, 3.63) is 71.9 Å². The van der Waals surface area contributed by atoms with E-state index < -0.39 is 11.7 Å². The highest BCUT2D eigenvalue weighted by Crippen LogP contribution is 2.31. The first-order valence-corrected chi connectivity index (χ1v) is 10.2. The molecule has 0 bridgehead atoms. The van der Waals surface area contributed by atoms with Crippen molar-refractivity contribution in [2.24, 2.45) is 7.05 Å². The molecule has 4 aromatic heterocycles. The van der Waals surface area contributed by atoms with Crippen LogP contribution in [0.15, 0.2) is 59.6 Å². The third kappa shape index (κ3) is 4.85. The molecule has 0 saturated heterocycles. The monoisotopic (exact) mass is 483 g/mol. The summed E-state index contributed by atoms with van der Waals surface area (Å²) in [5.41, 5.74) is 1.78. The van der Waals surface area contributed by atoms with Gasteiger partial charge in [0.25, 0.3) is 5.89 Å². The normalized spacial score (nSPS) is 11.7. The number of tetrazole rings is 1. The van der Waals surface area contributed by atoms with Crippen molar-refractivity contribution < 1.29 is 22.4 Å². The van der Waals surface area contributed by atoms with Gasteiger partial charge in [0.1, 0.15) is 24.4 Å². The molecule has 1 aromatic carbocycles. The molecule has 4 heterocycles. The summed E-state index contributed by atoms with van der Waals surface area (Å²) in [6.45, 7) is 0.495. The van der Waals surface area contributed by atoms with Crippen molar-refractivity contribution >= 4 is 0 Å². The van der Waals surface area contributed by atoms with E-state index in [2.05, 4.69) is 35.7 Å². The van der Waals surface area contributed by atoms with Gasteiger partial charge in [-0.25, -0.2) is 4.68 Å². The third-order valence-electron chi connectivity index (χ3n) is 5.07. The molecule has 178 valence electrons. The number of ether oxygens (including phenoxy) is 1. The summed E-state index contributed by atoms with van der Waals surface area (Å²) in [6.07, 6.45) is 0.311. The standard InChI is InChI=1S/C21H16F3N9O2/c1-32-18(11-34-15-5-3-14(4-6-15)21(22,23)24)16(9-27-32)20-28-19(29-35-20)17-7-2-13(8-25-17)10-33-12-26-30-31-33/h2-9,12H,10-11H2,1H3. The lowest BCUT2D eigenvalue weighted by atomic mass is 10.2. The molecule has 0 amide bonds. The quantitative estimate of drug-likeness (QED) is 0.343. The summed E-state index contributed by atoms with van der Waals surface area (Å²) in [7, 11) is 1.71. The first kappa shape index (κ1) is 22.2. The van der Waals surface area contributed by atoms with Crippen molar-refractivity contribution in [1.29, 1.82) is 0 Å². The molecule has 14 heteroatoms. The second-order valence-electron chi connectivity index (χ2n) is 7.42. The Morgan fingerprint density at radius 2 is 1.89 bits per heavy atom. The van der Waals surface area contributed by atoms with Crippen LogP contribution in [0.3, 0.4) is 0 Å². The number of aryl methyl sites for hydroxylation is 1. The summed E-state index contributed by atoms with van der Waals surface area (Å²) in [5, 5.41) is 19.2. The molecule has 0 aliphatic rings. The fraction of sp³-hybridized carbons (Fsp3) is 0.190. The van der Waals surface area contributed by atoms with Crippen LogP contribution >= 0.6 is 0 Å². The van der Waals surface area contributed by atoms with Gasteiger partial charge in [0.15, 0.2) is 0 Å². The number of alkyl halides is 3. The van der Waals surface area contributed by atoms with E-state index in [1.54, 1.807) is 34.9 Å². The number of halogens is 3. The van der Waals surface area contributed by atoms with Gasteiger partial charge in [-0.1, -0.05) is 11.2 Å². The molecule has 0 saturated carbocycles. The Bertz CT molecular complexity index is 1410. The Hall–Kier alpha value is -4.62. The molecule has 0 atom stereocenters. The van der Waals surface area contributed by atoms with E-state index in [0.717, 1.165) is 17.7 Å². The minimum atomic E-state index is -4.41. The maximum atomic E-state index is 12.8. The van der Waals surface area contributed by atoms with Gasteiger partial charge in [-0.3, -0.25) is 9.67 Å². The summed E-state index contributed by atoms with van der Waals surface area (Å²) < 4.78 is 52.5. The van der Waals surface area contributed by atoms with Gasteiger partial charge in [0, 0.05) is 13.2 Å². The summed E-state index contributed by atoms with van der Waals surface area (Å²) in [4.78, 5) is 8.78. The van der Waals surface area contributed by atoms with Crippen molar-refractivity contribution in [2.75, 3.05) is 0 Å². The molecule has 0 spiro atoms. The van der Waals surface area contributed by atoms with E-state index in [-0.39, 0.29) is 24.1 Å². The first-order valence-electron chi connectivity index (χ1n) is 10.2. The van der Waals surface area contributed by atoms with Crippen molar-refractivity contribution in [3.8, 4) is 28.7 Å². The molecule has 0 aliphatic carbocycles. The third-order valence-corrected chi connectivity index (χ3v) is 5.07. The SMILES string of the molecule is Cn1ncc(-c2nc(-c3ccc(Cn4cnnn4)cn3)no2)c1COc1ccc(C(F)(F)F)cc1. The smallest absolute Gasteiger partial charge is 0.416 e. The van der Waals surface area contributed by atoms with Crippen LogP contribution in [-0.2, 0) is 26.4 Å². The van der Waals surface area contributed by atoms with Gasteiger partial charge in [0.2, 0.25) is 5.82 Å². The molecule has 0 aliphatic heterocycles. The zero-order chi connectivity index (χ0) is 24.4. The molecule has 0 N–H and O–H groups in total. The fourth-order valence-electron chi connectivity index (χ4n) is 3.23. The first-order chi connectivity index (χ1) is 16.9. The molecule has 5 rings (SSSR count). The molecule has 0 fully saturated rings. The topological polar surface area (TPSA) is 122 Å². The van der Waals surface area contributed by atoms with Crippen LogP contribution in [0.25, 0.3) is 23.0 Å². The number of pyridine rings is 1. The Morgan fingerprint density at radius 3 is 2.57 bits per heavy atom. The Kier molecular flexibility index (Phi) is 5.68. The number of aromatic nitrogens is 9. The van der Waals surface area contributed by atoms with Crippen LogP contribution in [0.5, 0.6) is 5.75 Å². The van der Waals surface area contributed by atoms with Gasteiger partial charge in [-0.2, -0.15) is 23.3 Å². The number of rotatable bonds is 7. The minimum absolute atomic E-state index is 0.0268. The van der Waals surface area contributed by atoms with Crippen LogP contribution < -0.4 is 4.74 Å². The molecule has 0 radical (unpaired) electrons. The van der Waals surface area contributed by atoms with Gasteiger partial charge >= 0.3 is 6.18 Å². The van der Waals surface area contributed by atoms with E-state index in [4.69, 9.17) is 9.26 Å². The number of nitrogens with zero attached hydrogens (tertiary/aromatic N) is 9. The Morgan fingerprint density at radius 1 is 1.06 bits per heavy atom. The maximum Gasteiger partial charge on any atom is 0.416 e. The molecule has 11 nitrogen and oxygen atoms in total. The van der Waals surface area contributed by atoms with Gasteiger partial charge in [-0.15, -0.1) is 5.10 Å². The Balaban J connectivity index is 1.30. The molecular weight excluding hydrogens is 467 g/mol. The van der Waals surface area contributed by atoms with E-state index in [1.165, 1.54) is 18.5 Å². The second kappa shape index (κ2) is 8.96. The lowest BCUT2D eigenvalue weighted by Crippen LogP contribution is -2.06. The summed E-state index contributed by atoms with van der Waals surface area (Å²) in [5.74, 6) is 0.772. The largest absolute Gasteiger partial charge is 0.487 e. The zero-order valence-electron chi connectivity index (χ0n) is 18.1. The molecule has 5 aromatic rings. The highest BCUT2D eigenvalue weighted by Gasteiger charge is 2.30. The average molecular weight is 483 g/mol.